The zero-order valence-corrected chi connectivity index (χ0v) is 13.1. The van der Waals surface area contributed by atoms with Gasteiger partial charge < -0.3 is 14.2 Å². The molecule has 0 spiro atoms. The molecule has 1 aromatic carbocycles. The fourth-order valence-corrected chi connectivity index (χ4v) is 3.19. The Morgan fingerprint density at radius 1 is 1.33 bits per heavy atom. The number of halogens is 1. The quantitative estimate of drug-likeness (QED) is 0.854. The van der Waals surface area contributed by atoms with Gasteiger partial charge in [-0.25, -0.2) is 0 Å². The Balaban J connectivity index is 2.12. The molecule has 1 aliphatic heterocycles. The molecule has 0 bridgehead atoms. The van der Waals surface area contributed by atoms with Crippen LogP contribution in [0.4, 0.5) is 0 Å². The fraction of sp³-hybridized carbons (Fsp3) is 0.438. The summed E-state index contributed by atoms with van der Waals surface area (Å²) in [5.74, 6) is 0.0879. The van der Waals surface area contributed by atoms with Gasteiger partial charge in [0.1, 0.15) is 5.69 Å². The Morgan fingerprint density at radius 3 is 2.71 bits per heavy atom. The van der Waals surface area contributed by atoms with E-state index in [9.17, 15) is 4.79 Å². The first-order chi connectivity index (χ1) is 10.1. The van der Waals surface area contributed by atoms with E-state index in [1.807, 2.05) is 30.0 Å². The van der Waals surface area contributed by atoms with Gasteiger partial charge in [-0.3, -0.25) is 4.79 Å². The largest absolute Gasteiger partial charge is 0.378 e. The summed E-state index contributed by atoms with van der Waals surface area (Å²) in [5, 5.41) is 1.75. The van der Waals surface area contributed by atoms with Crippen LogP contribution in [0.3, 0.4) is 0 Å². The summed E-state index contributed by atoms with van der Waals surface area (Å²) in [6.07, 6.45) is 0. The number of morpholine rings is 1. The van der Waals surface area contributed by atoms with Gasteiger partial charge in [0, 0.05) is 35.6 Å². The summed E-state index contributed by atoms with van der Waals surface area (Å²) >= 11 is 6.10. The summed E-state index contributed by atoms with van der Waals surface area (Å²) in [6, 6.07) is 5.80. The zero-order chi connectivity index (χ0) is 15.0. The van der Waals surface area contributed by atoms with Crippen LogP contribution in [0.1, 0.15) is 23.0 Å². The Bertz CT molecular complexity index is 687. The highest BCUT2D eigenvalue weighted by Crippen LogP contribution is 2.29. The molecule has 0 unspecified atom stereocenters. The second kappa shape index (κ2) is 5.70. The van der Waals surface area contributed by atoms with Crippen molar-refractivity contribution in [2.45, 2.75) is 20.4 Å². The third-order valence-corrected chi connectivity index (χ3v) is 4.33. The van der Waals surface area contributed by atoms with Crippen molar-refractivity contribution in [2.75, 3.05) is 26.3 Å². The number of fused-ring (bicyclic) bond motifs is 1. The van der Waals surface area contributed by atoms with Crippen molar-refractivity contribution in [1.29, 1.82) is 0 Å². The molecule has 1 fully saturated rings. The van der Waals surface area contributed by atoms with Crippen LogP contribution in [0.5, 0.6) is 0 Å². The van der Waals surface area contributed by atoms with Gasteiger partial charge in [0.25, 0.3) is 5.91 Å². The zero-order valence-electron chi connectivity index (χ0n) is 12.4. The van der Waals surface area contributed by atoms with E-state index in [1.54, 1.807) is 0 Å². The smallest absolute Gasteiger partial charge is 0.270 e. The molecule has 0 saturated carbocycles. The summed E-state index contributed by atoms with van der Waals surface area (Å²) in [5.41, 5.74) is 2.85. The van der Waals surface area contributed by atoms with Crippen molar-refractivity contribution in [1.82, 2.24) is 9.47 Å². The van der Waals surface area contributed by atoms with Crippen molar-refractivity contribution in [3.8, 4) is 0 Å². The molecule has 0 atom stereocenters. The fourth-order valence-electron chi connectivity index (χ4n) is 3.01. The van der Waals surface area contributed by atoms with Crippen LogP contribution in [0.25, 0.3) is 10.9 Å². The summed E-state index contributed by atoms with van der Waals surface area (Å²) in [6.45, 7) is 7.36. The van der Waals surface area contributed by atoms with Crippen molar-refractivity contribution < 1.29 is 9.53 Å². The van der Waals surface area contributed by atoms with E-state index in [0.717, 1.165) is 28.7 Å². The van der Waals surface area contributed by atoms with E-state index in [2.05, 4.69) is 11.5 Å². The van der Waals surface area contributed by atoms with Gasteiger partial charge in [0.15, 0.2) is 0 Å². The molecule has 3 rings (SSSR count). The number of hydrogen-bond acceptors (Lipinski definition) is 2. The maximum Gasteiger partial charge on any atom is 0.270 e. The molecule has 1 aromatic heterocycles. The summed E-state index contributed by atoms with van der Waals surface area (Å²) < 4.78 is 7.41. The van der Waals surface area contributed by atoms with Crippen molar-refractivity contribution in [2.24, 2.45) is 0 Å². The number of rotatable bonds is 2. The average molecular weight is 307 g/mol. The lowest BCUT2D eigenvalue weighted by Crippen LogP contribution is -2.41. The predicted molar refractivity (Wildman–Crippen MR) is 84.1 cm³/mol. The maximum atomic E-state index is 12.9. The predicted octanol–water partition coefficient (Wildman–Crippen LogP) is 3.10. The van der Waals surface area contributed by atoms with E-state index in [1.165, 1.54) is 0 Å². The van der Waals surface area contributed by atoms with Gasteiger partial charge in [-0.2, -0.15) is 0 Å². The molecule has 21 heavy (non-hydrogen) atoms. The highest BCUT2D eigenvalue weighted by Gasteiger charge is 2.25. The minimum Gasteiger partial charge on any atom is -0.378 e. The van der Waals surface area contributed by atoms with Crippen LogP contribution < -0.4 is 0 Å². The Labute approximate surface area is 129 Å². The SMILES string of the molecule is CCn1c(C(=O)N2CCOCC2)c(C)c2cc(Cl)ccc21. The lowest BCUT2D eigenvalue weighted by atomic mass is 10.1. The van der Waals surface area contributed by atoms with Gasteiger partial charge in [0.05, 0.1) is 13.2 Å². The Hall–Kier alpha value is -1.52. The highest BCUT2D eigenvalue weighted by atomic mass is 35.5. The molecule has 112 valence electrons. The van der Waals surface area contributed by atoms with Crippen LogP contribution >= 0.6 is 11.6 Å². The standard InChI is InChI=1S/C16H19ClN2O2/c1-3-19-14-5-4-12(17)10-13(14)11(2)15(19)16(20)18-6-8-21-9-7-18/h4-5,10H,3,6-9H2,1-2H3. The van der Waals surface area contributed by atoms with Gasteiger partial charge in [0.2, 0.25) is 0 Å². The molecule has 2 aromatic rings. The van der Waals surface area contributed by atoms with Crippen LogP contribution in [-0.2, 0) is 11.3 Å². The number of ether oxygens (including phenoxy) is 1. The van der Waals surface area contributed by atoms with Gasteiger partial charge in [-0.05, 0) is 37.6 Å². The van der Waals surface area contributed by atoms with Crippen LogP contribution in [0.15, 0.2) is 18.2 Å². The molecular weight excluding hydrogens is 288 g/mol. The lowest BCUT2D eigenvalue weighted by Gasteiger charge is -2.27. The molecule has 2 heterocycles. The van der Waals surface area contributed by atoms with Gasteiger partial charge in [-0.15, -0.1) is 0 Å². The normalized spacial score (nSPS) is 15.7. The molecule has 1 aliphatic rings. The first-order valence-corrected chi connectivity index (χ1v) is 7.66. The van der Waals surface area contributed by atoms with Crippen molar-refractivity contribution in [3.05, 3.63) is 34.5 Å². The first-order valence-electron chi connectivity index (χ1n) is 7.29. The average Bonchev–Trinajstić information content (AvgIpc) is 2.79. The Morgan fingerprint density at radius 2 is 2.05 bits per heavy atom. The van der Waals surface area contributed by atoms with Crippen LogP contribution in [-0.4, -0.2) is 41.7 Å². The number of aromatic nitrogens is 1. The number of carbonyl (C=O) groups is 1. The van der Waals surface area contributed by atoms with Gasteiger partial charge >= 0.3 is 0 Å². The van der Waals surface area contributed by atoms with Crippen LogP contribution in [0.2, 0.25) is 5.02 Å². The third kappa shape index (κ3) is 2.43. The van der Waals surface area contributed by atoms with E-state index in [-0.39, 0.29) is 5.91 Å². The van der Waals surface area contributed by atoms with E-state index >= 15 is 0 Å². The number of aryl methyl sites for hydroxylation is 2. The molecule has 1 amide bonds. The highest BCUT2D eigenvalue weighted by molar-refractivity contribution is 6.31. The number of carbonyl (C=O) groups excluding carboxylic acids is 1. The van der Waals surface area contributed by atoms with Gasteiger partial charge in [-0.1, -0.05) is 11.6 Å². The molecule has 0 radical (unpaired) electrons. The Kier molecular flexibility index (Phi) is 3.91. The lowest BCUT2D eigenvalue weighted by molar-refractivity contribution is 0.0296. The number of benzene rings is 1. The number of nitrogens with zero attached hydrogens (tertiary/aromatic N) is 2. The van der Waals surface area contributed by atoms with E-state index < -0.39 is 0 Å². The summed E-state index contributed by atoms with van der Waals surface area (Å²) in [7, 11) is 0. The molecule has 0 aliphatic carbocycles. The second-order valence-electron chi connectivity index (χ2n) is 5.28. The topological polar surface area (TPSA) is 34.5 Å². The number of hydrogen-bond donors (Lipinski definition) is 0. The minimum atomic E-state index is 0.0879. The van der Waals surface area contributed by atoms with E-state index in [0.29, 0.717) is 31.3 Å². The molecular formula is C16H19ClN2O2. The first kappa shape index (κ1) is 14.4. The monoisotopic (exact) mass is 306 g/mol. The van der Waals surface area contributed by atoms with Crippen molar-refractivity contribution >= 4 is 28.4 Å². The molecule has 5 heteroatoms. The number of amides is 1. The summed E-state index contributed by atoms with van der Waals surface area (Å²) in [4.78, 5) is 14.7. The van der Waals surface area contributed by atoms with Crippen LogP contribution in [0, 0.1) is 6.92 Å². The van der Waals surface area contributed by atoms with Crippen molar-refractivity contribution in [3.63, 3.8) is 0 Å². The third-order valence-electron chi connectivity index (χ3n) is 4.10. The molecule has 1 saturated heterocycles. The second-order valence-corrected chi connectivity index (χ2v) is 5.72. The maximum absolute atomic E-state index is 12.9. The molecule has 4 nitrogen and oxygen atoms in total. The van der Waals surface area contributed by atoms with E-state index in [4.69, 9.17) is 16.3 Å². The minimum absolute atomic E-state index is 0.0879. The molecule has 0 N–H and O–H groups in total.